The monoisotopic (exact) mass is 304 g/mol. The van der Waals surface area contributed by atoms with E-state index in [2.05, 4.69) is 33.9 Å². The number of rotatable bonds is 3. The number of hydrogen-bond donors (Lipinski definition) is 1. The maximum atomic E-state index is 9.92. The zero-order chi connectivity index (χ0) is 15.3. The van der Waals surface area contributed by atoms with E-state index in [0.717, 1.165) is 0 Å². The van der Waals surface area contributed by atoms with Gasteiger partial charge in [-0.2, -0.15) is 0 Å². The SMILES string of the molecule is CC1(C)OC2[C@H](O)O[C@H](CO[Si](C)(C)C(C)(C)C)[C@@H]2O1. The summed E-state index contributed by atoms with van der Waals surface area (Å²) < 4.78 is 23.2. The van der Waals surface area contributed by atoms with E-state index < -0.39 is 26.5 Å². The van der Waals surface area contributed by atoms with Crippen LogP contribution in [0.15, 0.2) is 0 Å². The Morgan fingerprint density at radius 1 is 1.15 bits per heavy atom. The van der Waals surface area contributed by atoms with Crippen LogP contribution in [0.5, 0.6) is 0 Å². The van der Waals surface area contributed by atoms with Crippen LogP contribution in [-0.4, -0.2) is 50.4 Å². The molecule has 20 heavy (non-hydrogen) atoms. The predicted molar refractivity (Wildman–Crippen MR) is 77.9 cm³/mol. The molecular weight excluding hydrogens is 276 g/mol. The van der Waals surface area contributed by atoms with Crippen LogP contribution in [0.3, 0.4) is 0 Å². The molecule has 0 amide bonds. The van der Waals surface area contributed by atoms with Gasteiger partial charge >= 0.3 is 0 Å². The largest absolute Gasteiger partial charge is 0.414 e. The van der Waals surface area contributed by atoms with Crippen molar-refractivity contribution in [2.75, 3.05) is 6.61 Å². The second kappa shape index (κ2) is 5.03. The van der Waals surface area contributed by atoms with Crippen LogP contribution in [-0.2, 0) is 18.6 Å². The summed E-state index contributed by atoms with van der Waals surface area (Å²) in [7, 11) is -1.83. The lowest BCUT2D eigenvalue weighted by molar-refractivity contribution is -0.222. The van der Waals surface area contributed by atoms with E-state index in [0.29, 0.717) is 6.61 Å². The molecule has 0 aromatic carbocycles. The van der Waals surface area contributed by atoms with Gasteiger partial charge in [0.2, 0.25) is 0 Å². The smallest absolute Gasteiger partial charge is 0.192 e. The highest BCUT2D eigenvalue weighted by Gasteiger charge is 2.55. The summed E-state index contributed by atoms with van der Waals surface area (Å²) in [5.41, 5.74) is 0. The maximum absolute atomic E-state index is 9.92. The minimum absolute atomic E-state index is 0.149. The summed E-state index contributed by atoms with van der Waals surface area (Å²) in [4.78, 5) is 0. The van der Waals surface area contributed by atoms with Gasteiger partial charge in [0.15, 0.2) is 20.4 Å². The van der Waals surface area contributed by atoms with Crippen molar-refractivity contribution in [2.24, 2.45) is 0 Å². The average molecular weight is 304 g/mol. The third-order valence-electron chi connectivity index (χ3n) is 4.54. The molecule has 2 aliphatic rings. The highest BCUT2D eigenvalue weighted by Crippen LogP contribution is 2.40. The minimum Gasteiger partial charge on any atom is -0.414 e. The molecule has 118 valence electrons. The molecule has 0 aliphatic carbocycles. The standard InChI is InChI=1S/C14H28O5Si/c1-13(2,3)20(6,7)16-8-9-10-11(12(15)17-9)19-14(4,5)18-10/h9-12,15H,8H2,1-7H3/t9-,10+,11?,12-/m1/s1. The van der Waals surface area contributed by atoms with E-state index >= 15 is 0 Å². The van der Waals surface area contributed by atoms with Gasteiger partial charge in [0.1, 0.15) is 18.3 Å². The molecular formula is C14H28O5Si. The second-order valence-corrected chi connectivity index (χ2v) is 12.5. The molecule has 0 saturated carbocycles. The Hall–Kier alpha value is 0.0169. The summed E-state index contributed by atoms with van der Waals surface area (Å²) in [5.74, 6) is -0.671. The van der Waals surface area contributed by atoms with Gasteiger partial charge in [-0.15, -0.1) is 0 Å². The van der Waals surface area contributed by atoms with Crippen molar-refractivity contribution in [1.29, 1.82) is 0 Å². The fourth-order valence-electron chi connectivity index (χ4n) is 2.30. The maximum Gasteiger partial charge on any atom is 0.192 e. The summed E-state index contributed by atoms with van der Waals surface area (Å²) in [6.45, 7) is 15.1. The van der Waals surface area contributed by atoms with Crippen molar-refractivity contribution in [3.63, 3.8) is 0 Å². The Morgan fingerprint density at radius 2 is 1.70 bits per heavy atom. The Labute approximate surface area is 122 Å². The zero-order valence-corrected chi connectivity index (χ0v) is 14.6. The van der Waals surface area contributed by atoms with Crippen molar-refractivity contribution in [3.8, 4) is 0 Å². The molecule has 1 N–H and O–H groups in total. The first-order valence-electron chi connectivity index (χ1n) is 7.26. The van der Waals surface area contributed by atoms with Crippen LogP contribution >= 0.6 is 0 Å². The molecule has 1 unspecified atom stereocenters. The lowest BCUT2D eigenvalue weighted by atomic mass is 10.1. The van der Waals surface area contributed by atoms with Gasteiger partial charge in [-0.3, -0.25) is 0 Å². The molecule has 0 radical (unpaired) electrons. The first kappa shape index (κ1) is 16.4. The first-order valence-corrected chi connectivity index (χ1v) is 10.2. The summed E-state index contributed by atoms with van der Waals surface area (Å²) in [6, 6.07) is 0. The van der Waals surface area contributed by atoms with Crippen LogP contribution in [0.4, 0.5) is 0 Å². The predicted octanol–water partition coefficient (Wildman–Crippen LogP) is 2.25. The summed E-state index contributed by atoms with van der Waals surface area (Å²) in [6.07, 6.45) is -1.89. The Morgan fingerprint density at radius 3 is 2.25 bits per heavy atom. The molecule has 6 heteroatoms. The minimum atomic E-state index is -1.83. The molecule has 0 aromatic heterocycles. The molecule has 0 aromatic rings. The van der Waals surface area contributed by atoms with Crippen molar-refractivity contribution in [1.82, 2.24) is 0 Å². The van der Waals surface area contributed by atoms with Gasteiger partial charge in [-0.1, -0.05) is 20.8 Å². The van der Waals surface area contributed by atoms with Crippen LogP contribution in [0.1, 0.15) is 34.6 Å². The van der Waals surface area contributed by atoms with E-state index in [1.807, 2.05) is 13.8 Å². The number of fused-ring (bicyclic) bond motifs is 1. The Bertz CT molecular complexity index is 363. The molecule has 0 spiro atoms. The third kappa shape index (κ3) is 3.10. The van der Waals surface area contributed by atoms with Crippen LogP contribution in [0, 0.1) is 0 Å². The van der Waals surface area contributed by atoms with Gasteiger partial charge in [0.05, 0.1) is 6.61 Å². The van der Waals surface area contributed by atoms with Gasteiger partial charge in [-0.05, 0) is 32.0 Å². The van der Waals surface area contributed by atoms with Crippen molar-refractivity contribution in [2.45, 2.75) is 83.1 Å². The van der Waals surface area contributed by atoms with Gasteiger partial charge in [-0.25, -0.2) is 0 Å². The zero-order valence-electron chi connectivity index (χ0n) is 13.6. The topological polar surface area (TPSA) is 57.2 Å². The molecule has 2 fully saturated rings. The number of ether oxygens (including phenoxy) is 3. The fraction of sp³-hybridized carbons (Fsp3) is 1.00. The van der Waals surface area contributed by atoms with Crippen molar-refractivity contribution in [3.05, 3.63) is 0 Å². The first-order chi connectivity index (χ1) is 8.93. The molecule has 2 aliphatic heterocycles. The molecule has 2 rings (SSSR count). The van der Waals surface area contributed by atoms with E-state index in [4.69, 9.17) is 18.6 Å². The lowest BCUT2D eigenvalue weighted by Crippen LogP contribution is -2.44. The highest BCUT2D eigenvalue weighted by molar-refractivity contribution is 6.74. The lowest BCUT2D eigenvalue weighted by Gasteiger charge is -2.37. The second-order valence-electron chi connectivity index (χ2n) is 7.70. The molecule has 4 atom stereocenters. The van der Waals surface area contributed by atoms with Crippen LogP contribution < -0.4 is 0 Å². The Kier molecular flexibility index (Phi) is 4.13. The Balaban J connectivity index is 1.98. The normalized spacial score (nSPS) is 37.2. The van der Waals surface area contributed by atoms with Crippen LogP contribution in [0.25, 0.3) is 0 Å². The molecule has 2 heterocycles. The quantitative estimate of drug-likeness (QED) is 0.810. The van der Waals surface area contributed by atoms with E-state index in [1.165, 1.54) is 0 Å². The summed E-state index contributed by atoms with van der Waals surface area (Å²) >= 11 is 0. The van der Waals surface area contributed by atoms with E-state index in [-0.39, 0.29) is 17.2 Å². The molecule has 5 nitrogen and oxygen atoms in total. The van der Waals surface area contributed by atoms with E-state index in [1.54, 1.807) is 0 Å². The fourth-order valence-corrected chi connectivity index (χ4v) is 3.31. The van der Waals surface area contributed by atoms with Gasteiger partial charge in [0, 0.05) is 0 Å². The number of aliphatic hydroxyl groups is 1. The average Bonchev–Trinajstić information content (AvgIpc) is 2.70. The van der Waals surface area contributed by atoms with Crippen molar-refractivity contribution >= 4 is 8.32 Å². The van der Waals surface area contributed by atoms with Crippen LogP contribution in [0.2, 0.25) is 18.1 Å². The van der Waals surface area contributed by atoms with Gasteiger partial charge < -0.3 is 23.7 Å². The molecule has 0 bridgehead atoms. The summed E-state index contributed by atoms with van der Waals surface area (Å²) in [5, 5.41) is 10.1. The third-order valence-corrected chi connectivity index (χ3v) is 9.04. The number of hydrogen-bond acceptors (Lipinski definition) is 5. The van der Waals surface area contributed by atoms with Gasteiger partial charge in [0.25, 0.3) is 0 Å². The number of aliphatic hydroxyl groups excluding tert-OH is 1. The van der Waals surface area contributed by atoms with E-state index in [9.17, 15) is 5.11 Å². The molecule has 2 saturated heterocycles. The van der Waals surface area contributed by atoms with Crippen molar-refractivity contribution < 1.29 is 23.7 Å². The highest BCUT2D eigenvalue weighted by atomic mass is 28.4.